The first-order valence-corrected chi connectivity index (χ1v) is 8.56. The molecule has 7 nitrogen and oxygen atoms in total. The highest BCUT2D eigenvalue weighted by Gasteiger charge is 2.38. The molecular formula is C18H12ClF2N7. The predicted octanol–water partition coefficient (Wildman–Crippen LogP) is 3.57. The molecule has 28 heavy (non-hydrogen) atoms. The van der Waals surface area contributed by atoms with Crippen molar-refractivity contribution in [1.29, 1.82) is 5.26 Å². The number of nitriles is 1. The number of aromatic amines is 1. The highest BCUT2D eigenvalue weighted by molar-refractivity contribution is 6.31. The molecule has 0 saturated heterocycles. The molecule has 2 aromatic heterocycles. The Kier molecular flexibility index (Phi) is 4.28. The summed E-state index contributed by atoms with van der Waals surface area (Å²) in [6, 6.07) is 11.3. The minimum absolute atomic E-state index is 0.172. The van der Waals surface area contributed by atoms with E-state index in [9.17, 15) is 14.0 Å². The number of H-pyrrole nitrogens is 1. The number of fused-ring (bicyclic) bond motifs is 1. The fourth-order valence-corrected chi connectivity index (χ4v) is 3.29. The van der Waals surface area contributed by atoms with Gasteiger partial charge in [0.2, 0.25) is 5.82 Å². The van der Waals surface area contributed by atoms with E-state index in [0.717, 1.165) is 5.39 Å². The van der Waals surface area contributed by atoms with Gasteiger partial charge in [0.05, 0.1) is 29.4 Å². The van der Waals surface area contributed by atoms with Crippen molar-refractivity contribution >= 4 is 22.5 Å². The summed E-state index contributed by atoms with van der Waals surface area (Å²) in [5, 5.41) is 26.8. The zero-order valence-electron chi connectivity index (χ0n) is 14.5. The van der Waals surface area contributed by atoms with Crippen LogP contribution in [-0.2, 0) is 12.5 Å². The van der Waals surface area contributed by atoms with Crippen molar-refractivity contribution < 1.29 is 8.78 Å². The smallest absolute Gasteiger partial charge is 0.260 e. The number of aromatic nitrogens is 6. The van der Waals surface area contributed by atoms with E-state index in [4.69, 9.17) is 11.6 Å². The van der Waals surface area contributed by atoms with Gasteiger partial charge in [0, 0.05) is 21.5 Å². The number of alkyl halides is 2. The highest BCUT2D eigenvalue weighted by Crippen LogP contribution is 2.35. The van der Waals surface area contributed by atoms with E-state index < -0.39 is 11.7 Å². The van der Waals surface area contributed by atoms with Gasteiger partial charge >= 0.3 is 5.92 Å². The lowest BCUT2D eigenvalue weighted by atomic mass is 10.0. The first kappa shape index (κ1) is 18.0. The average molecular weight is 400 g/mol. The second-order valence-corrected chi connectivity index (χ2v) is 6.58. The van der Waals surface area contributed by atoms with Gasteiger partial charge in [-0.2, -0.15) is 19.1 Å². The topological polar surface area (TPSA) is 96.1 Å². The molecule has 0 bridgehead atoms. The van der Waals surface area contributed by atoms with Crippen LogP contribution in [-0.4, -0.2) is 30.4 Å². The molecule has 0 saturated carbocycles. The van der Waals surface area contributed by atoms with Crippen LogP contribution in [0.1, 0.15) is 28.2 Å². The van der Waals surface area contributed by atoms with Crippen molar-refractivity contribution in [1.82, 2.24) is 30.4 Å². The molecule has 4 rings (SSSR count). The molecule has 0 atom stereocenters. The minimum Gasteiger partial charge on any atom is -0.260 e. The van der Waals surface area contributed by atoms with E-state index >= 15 is 0 Å². The average Bonchev–Trinajstić information content (AvgIpc) is 3.33. The number of hydrogen-bond acceptors (Lipinski definition) is 5. The van der Waals surface area contributed by atoms with Crippen LogP contribution in [0.5, 0.6) is 0 Å². The number of hydrogen-bond donors (Lipinski definition) is 1. The molecular weight excluding hydrogens is 388 g/mol. The minimum atomic E-state index is -3.40. The third kappa shape index (κ3) is 2.88. The fraction of sp³-hybridized carbons (Fsp3) is 0.167. The predicted molar refractivity (Wildman–Crippen MR) is 96.9 cm³/mol. The molecule has 0 unspecified atom stereocenters. The number of benzene rings is 2. The monoisotopic (exact) mass is 399 g/mol. The molecule has 0 spiro atoms. The van der Waals surface area contributed by atoms with Crippen molar-refractivity contribution in [2.24, 2.45) is 0 Å². The third-order valence-electron chi connectivity index (χ3n) is 4.49. The van der Waals surface area contributed by atoms with Gasteiger partial charge < -0.3 is 0 Å². The Morgan fingerprint density at radius 1 is 1.29 bits per heavy atom. The summed E-state index contributed by atoms with van der Waals surface area (Å²) in [6.07, 6.45) is 0. The number of nitrogens with one attached hydrogen (secondary N) is 1. The maximum Gasteiger partial charge on any atom is 0.333 e. The zero-order valence-corrected chi connectivity index (χ0v) is 15.2. The van der Waals surface area contributed by atoms with E-state index in [1.807, 2.05) is 0 Å². The first-order valence-electron chi connectivity index (χ1n) is 8.19. The number of rotatable bonds is 4. The largest absolute Gasteiger partial charge is 0.333 e. The van der Waals surface area contributed by atoms with Gasteiger partial charge in [0.25, 0.3) is 0 Å². The van der Waals surface area contributed by atoms with Crippen LogP contribution < -0.4 is 0 Å². The molecule has 0 amide bonds. The molecule has 4 aromatic rings. The molecule has 0 aliphatic heterocycles. The van der Waals surface area contributed by atoms with Crippen molar-refractivity contribution in [3.63, 3.8) is 0 Å². The maximum atomic E-state index is 14.7. The Labute approximate surface area is 162 Å². The Morgan fingerprint density at radius 3 is 2.82 bits per heavy atom. The molecule has 1 N–H and O–H groups in total. The van der Waals surface area contributed by atoms with Crippen molar-refractivity contribution in [3.05, 3.63) is 69.6 Å². The van der Waals surface area contributed by atoms with Crippen LogP contribution in [0, 0.1) is 18.3 Å². The van der Waals surface area contributed by atoms with Crippen molar-refractivity contribution in [2.75, 3.05) is 0 Å². The lowest BCUT2D eigenvalue weighted by Crippen LogP contribution is -2.17. The van der Waals surface area contributed by atoms with Crippen molar-refractivity contribution in [2.45, 2.75) is 19.4 Å². The molecule has 0 radical (unpaired) electrons. The van der Waals surface area contributed by atoms with Crippen LogP contribution >= 0.6 is 11.6 Å². The third-order valence-corrected chi connectivity index (χ3v) is 4.84. The Balaban J connectivity index is 1.84. The molecule has 0 aliphatic rings. The van der Waals surface area contributed by atoms with Crippen LogP contribution in [0.2, 0.25) is 5.02 Å². The summed E-state index contributed by atoms with van der Waals surface area (Å²) in [5.41, 5.74) is 1.87. The van der Waals surface area contributed by atoms with E-state index in [-0.39, 0.29) is 12.1 Å². The van der Waals surface area contributed by atoms with Crippen LogP contribution in [0.15, 0.2) is 36.4 Å². The van der Waals surface area contributed by atoms with Crippen LogP contribution in [0.3, 0.4) is 0 Å². The summed E-state index contributed by atoms with van der Waals surface area (Å²) < 4.78 is 31.0. The van der Waals surface area contributed by atoms with Gasteiger partial charge in [0.1, 0.15) is 0 Å². The SMILES string of the molecule is Cc1nn(Cc2c(Cl)cccc2C#N)c2cc(C(F)(F)c3nnn[nH]3)ccc12. The quantitative estimate of drug-likeness (QED) is 0.566. The number of halogens is 3. The highest BCUT2D eigenvalue weighted by atomic mass is 35.5. The van der Waals surface area contributed by atoms with Gasteiger partial charge in [-0.25, -0.2) is 5.10 Å². The Bertz CT molecular complexity index is 1210. The summed E-state index contributed by atoms with van der Waals surface area (Å²) in [6.45, 7) is 1.96. The van der Waals surface area contributed by atoms with Gasteiger partial charge in [-0.05, 0) is 35.5 Å². The van der Waals surface area contributed by atoms with E-state index in [2.05, 4.69) is 31.8 Å². The van der Waals surface area contributed by atoms with Crippen LogP contribution in [0.4, 0.5) is 8.78 Å². The van der Waals surface area contributed by atoms with Gasteiger partial charge in [-0.15, -0.1) is 5.10 Å². The summed E-state index contributed by atoms with van der Waals surface area (Å²) in [4.78, 5) is 0. The molecule has 140 valence electrons. The number of tetrazole rings is 1. The normalized spacial score (nSPS) is 11.7. The molecule has 0 aliphatic carbocycles. The second kappa shape index (κ2) is 6.65. The summed E-state index contributed by atoms with van der Waals surface area (Å²) in [7, 11) is 0. The van der Waals surface area contributed by atoms with E-state index in [1.165, 1.54) is 12.1 Å². The van der Waals surface area contributed by atoms with Gasteiger partial charge in [-0.3, -0.25) is 4.68 Å². The van der Waals surface area contributed by atoms with E-state index in [0.29, 0.717) is 27.4 Å². The molecule has 10 heteroatoms. The lowest BCUT2D eigenvalue weighted by molar-refractivity contribution is 0.0330. The van der Waals surface area contributed by atoms with E-state index in [1.54, 1.807) is 35.9 Å². The Hall–Kier alpha value is -3.38. The number of aryl methyl sites for hydroxylation is 1. The van der Waals surface area contributed by atoms with Gasteiger partial charge in [-0.1, -0.05) is 29.8 Å². The molecule has 2 aromatic carbocycles. The fourth-order valence-electron chi connectivity index (χ4n) is 3.06. The number of nitrogens with zero attached hydrogens (tertiary/aromatic N) is 6. The first-order chi connectivity index (χ1) is 13.4. The Morgan fingerprint density at radius 2 is 2.11 bits per heavy atom. The van der Waals surface area contributed by atoms with Gasteiger partial charge in [0.15, 0.2) is 0 Å². The molecule has 0 fully saturated rings. The maximum absolute atomic E-state index is 14.7. The van der Waals surface area contributed by atoms with Crippen LogP contribution in [0.25, 0.3) is 10.9 Å². The lowest BCUT2D eigenvalue weighted by Gasteiger charge is -2.14. The van der Waals surface area contributed by atoms with Crippen molar-refractivity contribution in [3.8, 4) is 6.07 Å². The summed E-state index contributed by atoms with van der Waals surface area (Å²) >= 11 is 6.25. The standard InChI is InChI=1S/C18H12ClF2N7/c1-10-13-6-5-12(18(20,21)17-23-26-27-24-17)7-16(13)28(25-10)9-14-11(8-22)3-2-4-15(14)19/h2-7H,9H2,1H3,(H,23,24,26,27). The summed E-state index contributed by atoms with van der Waals surface area (Å²) in [5.74, 6) is -4.05. The zero-order chi connectivity index (χ0) is 19.9. The molecule has 2 heterocycles. The second-order valence-electron chi connectivity index (χ2n) is 6.18.